The smallest absolute Gasteiger partial charge is 0.0690 e. The molecule has 0 bridgehead atoms. The Hall–Kier alpha value is -0.390. The van der Waals surface area contributed by atoms with Crippen molar-refractivity contribution in [3.63, 3.8) is 0 Å². The summed E-state index contributed by atoms with van der Waals surface area (Å²) in [5, 5.41) is 4.17. The Morgan fingerprint density at radius 2 is 2.60 bits per heavy atom. The quantitative estimate of drug-likeness (QED) is 0.911. The summed E-state index contributed by atoms with van der Waals surface area (Å²) in [5.41, 5.74) is 7.25. The Labute approximate surface area is 97.9 Å². The fourth-order valence-electron chi connectivity index (χ4n) is 2.08. The Morgan fingerprint density at radius 3 is 3.13 bits per heavy atom. The van der Waals surface area contributed by atoms with Crippen LogP contribution in [0.3, 0.4) is 0 Å². The molecule has 1 aromatic heterocycles. The third-order valence-corrected chi connectivity index (χ3v) is 3.51. The summed E-state index contributed by atoms with van der Waals surface area (Å²) in [5.74, 6) is 0.599. The molecule has 5 heteroatoms. The van der Waals surface area contributed by atoms with Crippen molar-refractivity contribution >= 4 is 15.9 Å². The van der Waals surface area contributed by atoms with Crippen LogP contribution in [0.5, 0.6) is 0 Å². The summed E-state index contributed by atoms with van der Waals surface area (Å²) in [6, 6.07) is 0.0403. The number of hydrogen-bond donors (Lipinski definition) is 1. The molecule has 2 atom stereocenters. The minimum absolute atomic E-state index is 0.0403. The molecular weight excluding hydrogens is 258 g/mol. The highest BCUT2D eigenvalue weighted by Gasteiger charge is 2.22. The predicted octanol–water partition coefficient (Wildman–Crippen LogP) is 1.61. The second-order valence-corrected chi connectivity index (χ2v) is 4.93. The van der Waals surface area contributed by atoms with Crippen molar-refractivity contribution < 1.29 is 4.74 Å². The summed E-state index contributed by atoms with van der Waals surface area (Å²) in [7, 11) is 1.92. The average Bonchev–Trinajstić information content (AvgIpc) is 2.77. The highest BCUT2D eigenvalue weighted by Crippen LogP contribution is 2.28. The molecule has 1 saturated heterocycles. The molecule has 1 fully saturated rings. The summed E-state index contributed by atoms with van der Waals surface area (Å²) in [6.07, 6.45) is 3.89. The summed E-state index contributed by atoms with van der Waals surface area (Å²) in [4.78, 5) is 0. The van der Waals surface area contributed by atoms with E-state index in [-0.39, 0.29) is 6.04 Å². The van der Waals surface area contributed by atoms with Crippen LogP contribution in [0.2, 0.25) is 0 Å². The first-order chi connectivity index (χ1) is 7.18. The van der Waals surface area contributed by atoms with Gasteiger partial charge >= 0.3 is 0 Å². The summed E-state index contributed by atoms with van der Waals surface area (Å²) >= 11 is 3.47. The van der Waals surface area contributed by atoms with Crippen molar-refractivity contribution in [2.75, 3.05) is 13.2 Å². The van der Waals surface area contributed by atoms with E-state index in [4.69, 9.17) is 10.5 Å². The summed E-state index contributed by atoms with van der Waals surface area (Å²) < 4.78 is 8.18. The lowest BCUT2D eigenvalue weighted by Gasteiger charge is -2.16. The van der Waals surface area contributed by atoms with Crippen LogP contribution in [0, 0.1) is 5.92 Å². The fraction of sp³-hybridized carbons (Fsp3) is 0.700. The van der Waals surface area contributed by atoms with Crippen molar-refractivity contribution in [1.82, 2.24) is 9.78 Å². The maximum absolute atomic E-state index is 6.17. The number of halogens is 1. The SMILES string of the molecule is Cn1ncc(Br)c1C(N)CC1CCOC1. The van der Waals surface area contributed by atoms with Gasteiger partial charge in [0.25, 0.3) is 0 Å². The van der Waals surface area contributed by atoms with Crippen LogP contribution >= 0.6 is 15.9 Å². The molecule has 1 aliphatic rings. The number of ether oxygens (including phenoxy) is 1. The standard InChI is InChI=1S/C10H16BrN3O/c1-14-10(8(11)5-13-14)9(12)4-7-2-3-15-6-7/h5,7,9H,2-4,6,12H2,1H3. The summed E-state index contributed by atoms with van der Waals surface area (Å²) in [6.45, 7) is 1.73. The predicted molar refractivity (Wildman–Crippen MR) is 61.4 cm³/mol. The highest BCUT2D eigenvalue weighted by molar-refractivity contribution is 9.10. The van der Waals surface area contributed by atoms with E-state index in [0.29, 0.717) is 5.92 Å². The number of nitrogens with zero attached hydrogens (tertiary/aromatic N) is 2. The lowest BCUT2D eigenvalue weighted by atomic mass is 9.98. The zero-order valence-electron chi connectivity index (χ0n) is 8.82. The molecule has 0 saturated carbocycles. The molecular formula is C10H16BrN3O. The van der Waals surface area contributed by atoms with E-state index in [1.165, 1.54) is 0 Å². The molecule has 15 heavy (non-hydrogen) atoms. The molecule has 2 unspecified atom stereocenters. The highest BCUT2D eigenvalue weighted by atomic mass is 79.9. The molecule has 2 N–H and O–H groups in total. The van der Waals surface area contributed by atoms with Gasteiger partial charge in [-0.2, -0.15) is 5.10 Å². The first-order valence-corrected chi connectivity index (χ1v) is 5.98. The number of aromatic nitrogens is 2. The zero-order valence-corrected chi connectivity index (χ0v) is 10.4. The molecule has 1 aliphatic heterocycles. The van der Waals surface area contributed by atoms with Gasteiger partial charge in [-0.05, 0) is 34.7 Å². The Balaban J connectivity index is 2.03. The number of nitrogens with two attached hydrogens (primary N) is 1. The molecule has 0 aliphatic carbocycles. The Bertz CT molecular complexity index is 314. The van der Waals surface area contributed by atoms with Gasteiger partial charge < -0.3 is 10.5 Å². The molecule has 2 heterocycles. The van der Waals surface area contributed by atoms with E-state index >= 15 is 0 Å². The Kier molecular flexibility index (Phi) is 3.43. The normalized spacial score (nSPS) is 23.3. The third kappa shape index (κ3) is 2.41. The minimum atomic E-state index is 0.0403. The fourth-order valence-corrected chi connectivity index (χ4v) is 2.72. The van der Waals surface area contributed by atoms with Crippen molar-refractivity contribution in [1.29, 1.82) is 0 Å². The van der Waals surface area contributed by atoms with Gasteiger partial charge in [-0.15, -0.1) is 0 Å². The van der Waals surface area contributed by atoms with Gasteiger partial charge in [0, 0.05) is 26.3 Å². The maximum Gasteiger partial charge on any atom is 0.0690 e. The van der Waals surface area contributed by atoms with Gasteiger partial charge in [-0.25, -0.2) is 0 Å². The average molecular weight is 274 g/mol. The molecule has 2 rings (SSSR count). The van der Waals surface area contributed by atoms with E-state index in [0.717, 1.165) is 36.2 Å². The lowest BCUT2D eigenvalue weighted by Crippen LogP contribution is -2.19. The van der Waals surface area contributed by atoms with Crippen LogP contribution < -0.4 is 5.73 Å². The van der Waals surface area contributed by atoms with Crippen LogP contribution in [0.1, 0.15) is 24.6 Å². The van der Waals surface area contributed by atoms with E-state index in [2.05, 4.69) is 21.0 Å². The van der Waals surface area contributed by atoms with Crippen LogP contribution in [-0.2, 0) is 11.8 Å². The molecule has 0 amide bonds. The van der Waals surface area contributed by atoms with E-state index in [9.17, 15) is 0 Å². The maximum atomic E-state index is 6.17. The van der Waals surface area contributed by atoms with Crippen LogP contribution in [0.15, 0.2) is 10.7 Å². The van der Waals surface area contributed by atoms with Gasteiger partial charge in [0.2, 0.25) is 0 Å². The van der Waals surface area contributed by atoms with Gasteiger partial charge in [0.15, 0.2) is 0 Å². The van der Waals surface area contributed by atoms with E-state index < -0.39 is 0 Å². The van der Waals surface area contributed by atoms with Crippen molar-refractivity contribution in [3.8, 4) is 0 Å². The van der Waals surface area contributed by atoms with Gasteiger partial charge in [-0.1, -0.05) is 0 Å². The number of aryl methyl sites for hydroxylation is 1. The first kappa shape index (κ1) is 11.1. The van der Waals surface area contributed by atoms with Crippen molar-refractivity contribution in [3.05, 3.63) is 16.4 Å². The van der Waals surface area contributed by atoms with Crippen LogP contribution in [-0.4, -0.2) is 23.0 Å². The van der Waals surface area contributed by atoms with Crippen molar-refractivity contribution in [2.45, 2.75) is 18.9 Å². The molecule has 84 valence electrons. The van der Waals surface area contributed by atoms with Crippen LogP contribution in [0.25, 0.3) is 0 Å². The van der Waals surface area contributed by atoms with Crippen molar-refractivity contribution in [2.24, 2.45) is 18.7 Å². The molecule has 0 spiro atoms. The molecule has 1 aromatic rings. The molecule has 0 aromatic carbocycles. The zero-order chi connectivity index (χ0) is 10.8. The lowest BCUT2D eigenvalue weighted by molar-refractivity contribution is 0.182. The molecule has 4 nitrogen and oxygen atoms in total. The number of hydrogen-bond acceptors (Lipinski definition) is 3. The first-order valence-electron chi connectivity index (χ1n) is 5.19. The second-order valence-electron chi connectivity index (χ2n) is 4.07. The third-order valence-electron chi connectivity index (χ3n) is 2.90. The largest absolute Gasteiger partial charge is 0.381 e. The van der Waals surface area contributed by atoms with Crippen LogP contribution in [0.4, 0.5) is 0 Å². The van der Waals surface area contributed by atoms with E-state index in [1.807, 2.05) is 11.7 Å². The number of rotatable bonds is 3. The topological polar surface area (TPSA) is 53.1 Å². The monoisotopic (exact) mass is 273 g/mol. The Morgan fingerprint density at radius 1 is 1.80 bits per heavy atom. The molecule has 0 radical (unpaired) electrons. The van der Waals surface area contributed by atoms with E-state index in [1.54, 1.807) is 6.20 Å². The van der Waals surface area contributed by atoms with Gasteiger partial charge in [-0.3, -0.25) is 4.68 Å². The van der Waals surface area contributed by atoms with Gasteiger partial charge in [0.1, 0.15) is 0 Å². The minimum Gasteiger partial charge on any atom is -0.381 e. The second kappa shape index (κ2) is 4.63. The van der Waals surface area contributed by atoms with Gasteiger partial charge in [0.05, 0.1) is 16.4 Å².